The Labute approximate surface area is 172 Å². The molecule has 0 spiro atoms. The van der Waals surface area contributed by atoms with Gasteiger partial charge in [-0.25, -0.2) is 4.79 Å². The van der Waals surface area contributed by atoms with Gasteiger partial charge in [-0.1, -0.05) is 18.2 Å². The molecule has 1 N–H and O–H groups in total. The van der Waals surface area contributed by atoms with Gasteiger partial charge in [0.1, 0.15) is 6.04 Å². The molecule has 5 rings (SSSR count). The van der Waals surface area contributed by atoms with Crippen LogP contribution in [0.25, 0.3) is 0 Å². The highest BCUT2D eigenvalue weighted by atomic mass is 16.7. The zero-order valence-corrected chi connectivity index (χ0v) is 15.9. The number of benzene rings is 2. The van der Waals surface area contributed by atoms with Gasteiger partial charge < -0.3 is 19.5 Å². The third kappa shape index (κ3) is 2.95. The van der Waals surface area contributed by atoms with E-state index in [1.165, 1.54) is 6.07 Å². The van der Waals surface area contributed by atoms with Crippen LogP contribution in [0, 0.1) is 0 Å². The number of carboxylic acid groups (broad SMARTS) is 1. The van der Waals surface area contributed by atoms with E-state index in [1.807, 2.05) is 30.3 Å². The Kier molecular flexibility index (Phi) is 4.35. The van der Waals surface area contributed by atoms with Crippen LogP contribution in [0.4, 0.5) is 0 Å². The second kappa shape index (κ2) is 7.18. The van der Waals surface area contributed by atoms with Gasteiger partial charge in [-0.05, 0) is 53.9 Å². The number of hydrogen-bond acceptors (Lipinski definition) is 5. The van der Waals surface area contributed by atoms with Crippen molar-refractivity contribution in [2.45, 2.75) is 12.5 Å². The van der Waals surface area contributed by atoms with Gasteiger partial charge in [-0.2, -0.15) is 0 Å². The van der Waals surface area contributed by atoms with E-state index in [4.69, 9.17) is 9.47 Å². The summed E-state index contributed by atoms with van der Waals surface area (Å²) in [4.78, 5) is 31.4. The summed E-state index contributed by atoms with van der Waals surface area (Å²) in [5.41, 5.74) is 2.82. The lowest BCUT2D eigenvalue weighted by atomic mass is 9.89. The molecule has 30 heavy (non-hydrogen) atoms. The van der Waals surface area contributed by atoms with Crippen molar-refractivity contribution in [3.05, 3.63) is 88.7 Å². The van der Waals surface area contributed by atoms with Crippen LogP contribution in [0.2, 0.25) is 0 Å². The maximum Gasteiger partial charge on any atom is 0.336 e. The summed E-state index contributed by atoms with van der Waals surface area (Å²) >= 11 is 0. The number of aromatic carboxylic acids is 1. The molecule has 1 aromatic heterocycles. The SMILES string of the molecule is O=C(O)c1ccccc1C(=O)N1CCc2cc3c(cc2C1c1ccccn1)OCO3. The zero-order chi connectivity index (χ0) is 20.7. The van der Waals surface area contributed by atoms with E-state index in [0.29, 0.717) is 30.2 Å². The van der Waals surface area contributed by atoms with E-state index in [2.05, 4.69) is 4.98 Å². The zero-order valence-electron chi connectivity index (χ0n) is 15.9. The normalized spacial score (nSPS) is 16.8. The highest BCUT2D eigenvalue weighted by molar-refractivity contribution is 6.05. The fraction of sp³-hybridized carbons (Fsp3) is 0.174. The summed E-state index contributed by atoms with van der Waals surface area (Å²) in [6, 6.07) is 15.2. The summed E-state index contributed by atoms with van der Waals surface area (Å²) in [6.45, 7) is 0.599. The van der Waals surface area contributed by atoms with E-state index in [1.54, 1.807) is 29.3 Å². The van der Waals surface area contributed by atoms with E-state index in [9.17, 15) is 14.7 Å². The Morgan fingerprint density at radius 3 is 2.47 bits per heavy atom. The van der Waals surface area contributed by atoms with Gasteiger partial charge in [-0.3, -0.25) is 9.78 Å². The highest BCUT2D eigenvalue weighted by Crippen LogP contribution is 2.42. The number of pyridine rings is 1. The molecule has 0 saturated heterocycles. The summed E-state index contributed by atoms with van der Waals surface area (Å²) in [6.07, 6.45) is 2.31. The van der Waals surface area contributed by atoms with Crippen LogP contribution in [-0.4, -0.2) is 40.2 Å². The topological polar surface area (TPSA) is 89.0 Å². The van der Waals surface area contributed by atoms with Gasteiger partial charge in [0.25, 0.3) is 5.91 Å². The van der Waals surface area contributed by atoms with Gasteiger partial charge in [0.2, 0.25) is 6.79 Å². The second-order valence-electron chi connectivity index (χ2n) is 7.16. The maximum atomic E-state index is 13.5. The molecule has 2 aliphatic heterocycles. The van der Waals surface area contributed by atoms with Gasteiger partial charge in [0.05, 0.1) is 16.8 Å². The standard InChI is InChI=1S/C23H18N2O5/c26-22(15-5-1-2-6-16(15)23(27)28)25-10-8-14-11-19-20(30-13-29-19)12-17(14)21(25)18-7-3-4-9-24-18/h1-7,9,11-12,21H,8,10,13H2,(H,27,28). The summed E-state index contributed by atoms with van der Waals surface area (Å²) in [5.74, 6) is -0.138. The van der Waals surface area contributed by atoms with Crippen molar-refractivity contribution < 1.29 is 24.2 Å². The minimum absolute atomic E-state index is 0.0150. The first-order valence-electron chi connectivity index (χ1n) is 9.60. The monoisotopic (exact) mass is 402 g/mol. The van der Waals surface area contributed by atoms with Crippen LogP contribution in [-0.2, 0) is 6.42 Å². The Bertz CT molecular complexity index is 1150. The number of carbonyl (C=O) groups excluding carboxylic acids is 1. The van der Waals surface area contributed by atoms with E-state index >= 15 is 0 Å². The molecule has 7 nitrogen and oxygen atoms in total. The predicted octanol–water partition coefficient (Wildman–Crippen LogP) is 3.30. The maximum absolute atomic E-state index is 13.5. The van der Waals surface area contributed by atoms with E-state index < -0.39 is 12.0 Å². The Hall–Kier alpha value is -3.87. The van der Waals surface area contributed by atoms with Crippen LogP contribution >= 0.6 is 0 Å². The quantitative estimate of drug-likeness (QED) is 0.723. The van der Waals surface area contributed by atoms with Crippen LogP contribution in [0.15, 0.2) is 60.8 Å². The molecule has 0 saturated carbocycles. The van der Waals surface area contributed by atoms with Crippen molar-refractivity contribution in [1.29, 1.82) is 0 Å². The van der Waals surface area contributed by atoms with Crippen LogP contribution in [0.1, 0.15) is 43.6 Å². The van der Waals surface area contributed by atoms with Crippen molar-refractivity contribution in [2.75, 3.05) is 13.3 Å². The molecule has 1 atom stereocenters. The van der Waals surface area contributed by atoms with Crippen LogP contribution in [0.3, 0.4) is 0 Å². The minimum Gasteiger partial charge on any atom is -0.478 e. The number of ether oxygens (including phenoxy) is 2. The molecular formula is C23H18N2O5. The summed E-state index contributed by atoms with van der Waals surface area (Å²) in [7, 11) is 0. The molecule has 3 aromatic rings. The minimum atomic E-state index is -1.13. The number of amides is 1. The number of rotatable bonds is 3. The molecule has 1 amide bonds. The molecule has 3 heterocycles. The van der Waals surface area contributed by atoms with Crippen LogP contribution < -0.4 is 9.47 Å². The number of aromatic nitrogens is 1. The Morgan fingerprint density at radius 1 is 1.00 bits per heavy atom. The molecule has 1 unspecified atom stereocenters. The smallest absolute Gasteiger partial charge is 0.336 e. The lowest BCUT2D eigenvalue weighted by molar-refractivity contribution is 0.0651. The predicted molar refractivity (Wildman–Crippen MR) is 107 cm³/mol. The van der Waals surface area contributed by atoms with Crippen molar-refractivity contribution in [1.82, 2.24) is 9.88 Å². The highest BCUT2D eigenvalue weighted by Gasteiger charge is 2.36. The number of carbonyl (C=O) groups is 2. The molecule has 0 radical (unpaired) electrons. The average molecular weight is 402 g/mol. The van der Waals surface area contributed by atoms with Crippen LogP contribution in [0.5, 0.6) is 11.5 Å². The van der Waals surface area contributed by atoms with Crippen molar-refractivity contribution >= 4 is 11.9 Å². The average Bonchev–Trinajstić information content (AvgIpc) is 3.24. The van der Waals surface area contributed by atoms with Gasteiger partial charge >= 0.3 is 5.97 Å². The lowest BCUT2D eigenvalue weighted by Crippen LogP contribution is -2.41. The first-order valence-corrected chi connectivity index (χ1v) is 9.60. The molecule has 2 aromatic carbocycles. The number of hydrogen-bond donors (Lipinski definition) is 1. The molecule has 0 bridgehead atoms. The largest absolute Gasteiger partial charge is 0.478 e. The second-order valence-corrected chi connectivity index (χ2v) is 7.16. The fourth-order valence-electron chi connectivity index (χ4n) is 4.10. The first kappa shape index (κ1) is 18.2. The van der Waals surface area contributed by atoms with Crippen molar-refractivity contribution in [3.8, 4) is 11.5 Å². The Morgan fingerprint density at radius 2 is 1.73 bits per heavy atom. The number of carboxylic acids is 1. The molecule has 2 aliphatic rings. The van der Waals surface area contributed by atoms with E-state index in [-0.39, 0.29) is 23.8 Å². The van der Waals surface area contributed by atoms with E-state index in [0.717, 1.165) is 11.1 Å². The fourth-order valence-corrected chi connectivity index (χ4v) is 4.10. The molecule has 0 fully saturated rings. The molecule has 0 aliphatic carbocycles. The summed E-state index contributed by atoms with van der Waals surface area (Å²) in [5, 5.41) is 9.55. The van der Waals surface area contributed by atoms with Gasteiger partial charge in [0, 0.05) is 12.7 Å². The number of nitrogens with zero attached hydrogens (tertiary/aromatic N) is 2. The molecule has 7 heteroatoms. The van der Waals surface area contributed by atoms with Crippen molar-refractivity contribution in [3.63, 3.8) is 0 Å². The lowest BCUT2D eigenvalue weighted by Gasteiger charge is -2.37. The molecule has 150 valence electrons. The molecular weight excluding hydrogens is 384 g/mol. The van der Waals surface area contributed by atoms with Gasteiger partial charge in [0.15, 0.2) is 11.5 Å². The Balaban J connectivity index is 1.64. The van der Waals surface area contributed by atoms with Gasteiger partial charge in [-0.15, -0.1) is 0 Å². The third-order valence-electron chi connectivity index (χ3n) is 5.48. The summed E-state index contributed by atoms with van der Waals surface area (Å²) < 4.78 is 11.1. The van der Waals surface area contributed by atoms with Crippen molar-refractivity contribution in [2.24, 2.45) is 0 Å². The number of fused-ring (bicyclic) bond motifs is 2. The third-order valence-corrected chi connectivity index (χ3v) is 5.48. The first-order chi connectivity index (χ1) is 14.6.